The van der Waals surface area contributed by atoms with Crippen LogP contribution in [0.4, 0.5) is 0 Å². The maximum Gasteiger partial charge on any atom is 0.204 e. The Morgan fingerprint density at radius 3 is 2.74 bits per heavy atom. The van der Waals surface area contributed by atoms with Crippen LogP contribution in [0.15, 0.2) is 21.2 Å². The zero-order chi connectivity index (χ0) is 14.0. The Bertz CT molecular complexity index is 599. The molecule has 0 atom stereocenters. The van der Waals surface area contributed by atoms with E-state index in [4.69, 9.17) is 4.42 Å². The molecule has 0 unspecified atom stereocenters. The molecular weight excluding hydrogens is 308 g/mol. The summed E-state index contributed by atoms with van der Waals surface area (Å²) in [7, 11) is 0. The molecule has 2 heterocycles. The molecule has 0 bridgehead atoms. The number of ketones is 1. The van der Waals surface area contributed by atoms with Crippen LogP contribution in [0.1, 0.15) is 41.4 Å². The van der Waals surface area contributed by atoms with Gasteiger partial charge in [-0.15, -0.1) is 0 Å². The van der Waals surface area contributed by atoms with Crippen LogP contribution in [0.2, 0.25) is 0 Å². The van der Waals surface area contributed by atoms with Gasteiger partial charge < -0.3 is 4.42 Å². The van der Waals surface area contributed by atoms with Crippen molar-refractivity contribution in [3.8, 4) is 0 Å². The molecule has 2 rings (SSSR count). The van der Waals surface area contributed by atoms with Gasteiger partial charge in [0.15, 0.2) is 5.76 Å². The van der Waals surface area contributed by atoms with Crippen LogP contribution in [-0.2, 0) is 19.4 Å². The number of rotatable bonds is 5. The summed E-state index contributed by atoms with van der Waals surface area (Å²) < 4.78 is 8.06. The molecule has 0 aliphatic carbocycles. The van der Waals surface area contributed by atoms with Crippen molar-refractivity contribution in [1.29, 1.82) is 0 Å². The second-order valence-corrected chi connectivity index (χ2v) is 5.20. The van der Waals surface area contributed by atoms with Crippen molar-refractivity contribution in [2.75, 3.05) is 0 Å². The summed E-state index contributed by atoms with van der Waals surface area (Å²) in [6.45, 7) is 6.69. The van der Waals surface area contributed by atoms with Crippen LogP contribution >= 0.6 is 15.9 Å². The molecule has 4 nitrogen and oxygen atoms in total. The fraction of sp³-hybridized carbons (Fsp3) is 0.429. The quantitative estimate of drug-likeness (QED) is 0.790. The molecule has 2 aromatic rings. The number of aromatic nitrogens is 2. The Hall–Kier alpha value is -1.36. The van der Waals surface area contributed by atoms with E-state index in [0.717, 1.165) is 34.4 Å². The molecule has 5 heteroatoms. The van der Waals surface area contributed by atoms with Crippen molar-refractivity contribution in [1.82, 2.24) is 9.78 Å². The number of Topliss-reactive ketones (excluding diaryl/α,β-unsaturated/α-hetero) is 1. The Morgan fingerprint density at radius 2 is 2.21 bits per heavy atom. The standard InChI is InChI=1S/C14H17BrN2O2/c1-4-10-13(15)11(17(5-2)16-10)8-12(18)14-9(3)6-7-19-14/h6-7H,4-5,8H2,1-3H3. The third-order valence-electron chi connectivity index (χ3n) is 3.14. The molecule has 0 fully saturated rings. The van der Waals surface area contributed by atoms with Crippen LogP contribution in [0.5, 0.6) is 0 Å². The third kappa shape index (κ3) is 2.66. The summed E-state index contributed by atoms with van der Waals surface area (Å²) in [5.41, 5.74) is 2.78. The highest BCUT2D eigenvalue weighted by atomic mass is 79.9. The first-order valence-corrected chi connectivity index (χ1v) is 7.19. The van der Waals surface area contributed by atoms with Gasteiger partial charge in [0.2, 0.25) is 5.78 Å². The van der Waals surface area contributed by atoms with Gasteiger partial charge in [0.25, 0.3) is 0 Å². The summed E-state index contributed by atoms with van der Waals surface area (Å²) in [6, 6.07) is 1.80. The molecule has 0 amide bonds. The lowest BCUT2D eigenvalue weighted by Gasteiger charge is -2.04. The number of carbonyl (C=O) groups excluding carboxylic acids is 1. The monoisotopic (exact) mass is 324 g/mol. The lowest BCUT2D eigenvalue weighted by molar-refractivity contribution is 0.0963. The fourth-order valence-corrected chi connectivity index (χ4v) is 2.78. The minimum absolute atomic E-state index is 0.0135. The zero-order valence-electron chi connectivity index (χ0n) is 11.4. The molecule has 0 saturated heterocycles. The molecule has 102 valence electrons. The smallest absolute Gasteiger partial charge is 0.204 e. The summed E-state index contributed by atoms with van der Waals surface area (Å²) in [5, 5.41) is 4.49. The fourth-order valence-electron chi connectivity index (χ4n) is 2.08. The van der Waals surface area contributed by atoms with Crippen molar-refractivity contribution in [2.24, 2.45) is 0 Å². The molecule has 19 heavy (non-hydrogen) atoms. The first-order chi connectivity index (χ1) is 9.08. The average molecular weight is 325 g/mol. The maximum atomic E-state index is 12.3. The van der Waals surface area contributed by atoms with Crippen LogP contribution in [0.25, 0.3) is 0 Å². The molecular formula is C14H17BrN2O2. The second kappa shape index (κ2) is 5.74. The maximum absolute atomic E-state index is 12.3. The Morgan fingerprint density at radius 1 is 1.47 bits per heavy atom. The molecule has 0 N–H and O–H groups in total. The van der Waals surface area contributed by atoms with Gasteiger partial charge in [0.05, 0.1) is 28.5 Å². The van der Waals surface area contributed by atoms with Gasteiger partial charge in [-0.25, -0.2) is 0 Å². The highest BCUT2D eigenvalue weighted by molar-refractivity contribution is 9.10. The van der Waals surface area contributed by atoms with E-state index in [1.165, 1.54) is 0 Å². The minimum Gasteiger partial charge on any atom is -0.461 e. The van der Waals surface area contributed by atoms with Gasteiger partial charge >= 0.3 is 0 Å². The van der Waals surface area contributed by atoms with Gasteiger partial charge in [-0.05, 0) is 47.8 Å². The van der Waals surface area contributed by atoms with E-state index >= 15 is 0 Å². The van der Waals surface area contributed by atoms with Crippen molar-refractivity contribution < 1.29 is 9.21 Å². The summed E-state index contributed by atoms with van der Waals surface area (Å²) in [6.07, 6.45) is 2.69. The van der Waals surface area contributed by atoms with Crippen molar-refractivity contribution >= 4 is 21.7 Å². The second-order valence-electron chi connectivity index (χ2n) is 4.41. The number of nitrogens with zero attached hydrogens (tertiary/aromatic N) is 2. The zero-order valence-corrected chi connectivity index (χ0v) is 13.0. The number of carbonyl (C=O) groups is 1. The Labute approximate surface area is 120 Å². The topological polar surface area (TPSA) is 48.0 Å². The predicted molar refractivity (Wildman–Crippen MR) is 76.5 cm³/mol. The van der Waals surface area contributed by atoms with Crippen molar-refractivity contribution in [3.05, 3.63) is 39.5 Å². The van der Waals surface area contributed by atoms with E-state index < -0.39 is 0 Å². The van der Waals surface area contributed by atoms with E-state index in [9.17, 15) is 4.79 Å². The molecule has 0 aliphatic rings. The first kappa shape index (κ1) is 14.1. The normalized spacial score (nSPS) is 10.9. The van der Waals surface area contributed by atoms with Crippen LogP contribution in [0.3, 0.4) is 0 Å². The first-order valence-electron chi connectivity index (χ1n) is 6.39. The number of halogens is 1. The summed E-state index contributed by atoms with van der Waals surface area (Å²) in [5.74, 6) is 0.425. The Balaban J connectivity index is 2.31. The predicted octanol–water partition coefficient (Wildman–Crippen LogP) is 3.55. The van der Waals surface area contributed by atoms with Gasteiger partial charge in [0.1, 0.15) is 0 Å². The van der Waals surface area contributed by atoms with Crippen LogP contribution in [0, 0.1) is 6.92 Å². The number of hydrogen-bond donors (Lipinski definition) is 0. The molecule has 0 radical (unpaired) electrons. The molecule has 0 saturated carbocycles. The largest absolute Gasteiger partial charge is 0.461 e. The number of aryl methyl sites for hydroxylation is 3. The van der Waals surface area contributed by atoms with E-state index in [-0.39, 0.29) is 5.78 Å². The molecule has 0 aromatic carbocycles. The number of furan rings is 1. The third-order valence-corrected chi connectivity index (χ3v) is 4.05. The minimum atomic E-state index is -0.0135. The molecule has 0 aliphatic heterocycles. The van der Waals surface area contributed by atoms with E-state index in [0.29, 0.717) is 12.2 Å². The van der Waals surface area contributed by atoms with Gasteiger partial charge in [0, 0.05) is 6.54 Å². The summed E-state index contributed by atoms with van der Waals surface area (Å²) in [4.78, 5) is 12.3. The number of hydrogen-bond acceptors (Lipinski definition) is 3. The van der Waals surface area contributed by atoms with Crippen LogP contribution < -0.4 is 0 Å². The van der Waals surface area contributed by atoms with Gasteiger partial charge in [-0.3, -0.25) is 9.48 Å². The van der Waals surface area contributed by atoms with Crippen molar-refractivity contribution in [2.45, 2.75) is 40.2 Å². The highest BCUT2D eigenvalue weighted by Crippen LogP contribution is 2.24. The average Bonchev–Trinajstić information content (AvgIpc) is 2.95. The SMILES string of the molecule is CCc1nn(CC)c(CC(=O)c2occc2C)c1Br. The molecule has 2 aromatic heterocycles. The van der Waals surface area contributed by atoms with Crippen LogP contribution in [-0.4, -0.2) is 15.6 Å². The lowest BCUT2D eigenvalue weighted by Crippen LogP contribution is -2.10. The highest BCUT2D eigenvalue weighted by Gasteiger charge is 2.20. The van der Waals surface area contributed by atoms with E-state index in [1.807, 2.05) is 18.5 Å². The van der Waals surface area contributed by atoms with Gasteiger partial charge in [-0.2, -0.15) is 5.10 Å². The lowest BCUT2D eigenvalue weighted by atomic mass is 10.1. The van der Waals surface area contributed by atoms with Crippen molar-refractivity contribution in [3.63, 3.8) is 0 Å². The van der Waals surface area contributed by atoms with Gasteiger partial charge in [-0.1, -0.05) is 6.92 Å². The van der Waals surface area contributed by atoms with E-state index in [1.54, 1.807) is 12.3 Å². The summed E-state index contributed by atoms with van der Waals surface area (Å²) >= 11 is 3.55. The molecule has 0 spiro atoms. The Kier molecular flexibility index (Phi) is 4.24. The van der Waals surface area contributed by atoms with E-state index in [2.05, 4.69) is 28.0 Å².